The monoisotopic (exact) mass is 358 g/mol. The molecule has 0 N–H and O–H groups in total. The van der Waals surface area contributed by atoms with Crippen LogP contribution in [0.3, 0.4) is 0 Å². The minimum Gasteiger partial charge on any atom is -0.493 e. The third kappa shape index (κ3) is 3.28. The van der Waals surface area contributed by atoms with Gasteiger partial charge < -0.3 is 23.7 Å². The lowest BCUT2D eigenvalue weighted by atomic mass is 9.96. The van der Waals surface area contributed by atoms with Crippen molar-refractivity contribution in [2.45, 2.75) is 13.0 Å². The highest BCUT2D eigenvalue weighted by Gasteiger charge is 2.26. The van der Waals surface area contributed by atoms with Crippen LogP contribution < -0.4 is 18.9 Å². The van der Waals surface area contributed by atoms with Crippen LogP contribution in [0.4, 0.5) is 0 Å². The van der Waals surface area contributed by atoms with E-state index in [-0.39, 0.29) is 6.79 Å². The lowest BCUT2D eigenvalue weighted by Crippen LogP contribution is -2.12. The van der Waals surface area contributed by atoms with Gasteiger partial charge in [-0.3, -0.25) is 9.59 Å². The van der Waals surface area contributed by atoms with Crippen molar-refractivity contribution < 1.29 is 33.3 Å². The van der Waals surface area contributed by atoms with Crippen LogP contribution >= 0.6 is 0 Å². The van der Waals surface area contributed by atoms with Crippen molar-refractivity contribution in [3.8, 4) is 23.0 Å². The first-order valence-corrected chi connectivity index (χ1v) is 7.85. The maximum absolute atomic E-state index is 11.7. The fraction of sp³-hybridized carbons (Fsp3) is 0.263. The molecule has 3 rings (SSSR count). The largest absolute Gasteiger partial charge is 0.493 e. The molecule has 0 amide bonds. The Balaban J connectivity index is 2.13. The van der Waals surface area contributed by atoms with Gasteiger partial charge in [0.25, 0.3) is 0 Å². The number of hydrogen-bond donors (Lipinski definition) is 0. The zero-order chi connectivity index (χ0) is 18.7. The number of aldehydes is 1. The van der Waals surface area contributed by atoms with E-state index >= 15 is 0 Å². The van der Waals surface area contributed by atoms with E-state index in [0.717, 1.165) is 0 Å². The molecule has 0 fully saturated rings. The number of hydrogen-bond acceptors (Lipinski definition) is 7. The predicted octanol–water partition coefficient (Wildman–Crippen LogP) is 2.90. The summed E-state index contributed by atoms with van der Waals surface area (Å²) < 4.78 is 26.8. The number of carbonyl (C=O) groups excluding carboxylic acids is 2. The van der Waals surface area contributed by atoms with Crippen molar-refractivity contribution in [2.24, 2.45) is 0 Å². The van der Waals surface area contributed by atoms with Crippen LogP contribution in [0.25, 0.3) is 0 Å². The van der Waals surface area contributed by atoms with Gasteiger partial charge in [-0.25, -0.2) is 0 Å². The van der Waals surface area contributed by atoms with Gasteiger partial charge in [0.05, 0.1) is 14.2 Å². The van der Waals surface area contributed by atoms with Gasteiger partial charge in [0, 0.05) is 23.6 Å². The van der Waals surface area contributed by atoms with E-state index in [2.05, 4.69) is 0 Å². The summed E-state index contributed by atoms with van der Waals surface area (Å²) in [5, 5.41) is 0. The van der Waals surface area contributed by atoms with Crippen molar-refractivity contribution in [1.29, 1.82) is 0 Å². The van der Waals surface area contributed by atoms with E-state index in [0.29, 0.717) is 46.0 Å². The van der Waals surface area contributed by atoms with Crippen LogP contribution in [0.1, 0.15) is 34.5 Å². The Bertz CT molecular complexity index is 844. The van der Waals surface area contributed by atoms with Crippen LogP contribution in [0.15, 0.2) is 30.3 Å². The van der Waals surface area contributed by atoms with Crippen LogP contribution in [-0.2, 0) is 9.53 Å². The Hall–Kier alpha value is -3.22. The van der Waals surface area contributed by atoms with Crippen molar-refractivity contribution >= 4 is 12.3 Å². The van der Waals surface area contributed by atoms with Crippen LogP contribution in [-0.4, -0.2) is 33.3 Å². The van der Waals surface area contributed by atoms with Crippen molar-refractivity contribution in [1.82, 2.24) is 0 Å². The molecule has 2 aromatic carbocycles. The van der Waals surface area contributed by atoms with E-state index in [9.17, 15) is 9.59 Å². The van der Waals surface area contributed by atoms with Gasteiger partial charge in [-0.1, -0.05) is 6.07 Å². The molecule has 0 spiro atoms. The minimum absolute atomic E-state index is 0.0751. The molecule has 136 valence electrons. The van der Waals surface area contributed by atoms with Crippen LogP contribution in [0.2, 0.25) is 0 Å². The molecule has 7 heteroatoms. The maximum Gasteiger partial charge on any atom is 0.303 e. The number of esters is 1. The summed E-state index contributed by atoms with van der Waals surface area (Å²) in [6.07, 6.45) is -0.129. The smallest absolute Gasteiger partial charge is 0.303 e. The number of methoxy groups -OCH3 is 2. The second-order valence-electron chi connectivity index (χ2n) is 5.56. The number of fused-ring (bicyclic) bond motifs is 1. The van der Waals surface area contributed by atoms with E-state index in [4.69, 9.17) is 23.7 Å². The highest BCUT2D eigenvalue weighted by molar-refractivity contribution is 5.80. The molecule has 7 nitrogen and oxygen atoms in total. The summed E-state index contributed by atoms with van der Waals surface area (Å²) in [5.41, 5.74) is 1.46. The van der Waals surface area contributed by atoms with Gasteiger partial charge in [-0.2, -0.15) is 0 Å². The Morgan fingerprint density at radius 1 is 1.08 bits per heavy atom. The molecule has 1 atom stereocenters. The maximum atomic E-state index is 11.7. The van der Waals surface area contributed by atoms with E-state index < -0.39 is 12.1 Å². The fourth-order valence-corrected chi connectivity index (χ4v) is 2.80. The molecule has 1 heterocycles. The third-order valence-electron chi connectivity index (χ3n) is 3.98. The molecule has 1 aliphatic rings. The Morgan fingerprint density at radius 2 is 1.77 bits per heavy atom. The summed E-state index contributed by atoms with van der Waals surface area (Å²) in [5.74, 6) is 1.50. The second-order valence-corrected chi connectivity index (χ2v) is 5.56. The normalized spacial score (nSPS) is 13.0. The van der Waals surface area contributed by atoms with Crippen LogP contribution in [0, 0.1) is 0 Å². The van der Waals surface area contributed by atoms with Crippen molar-refractivity contribution in [3.63, 3.8) is 0 Å². The Kier molecular flexibility index (Phi) is 4.97. The number of ether oxygens (including phenoxy) is 5. The highest BCUT2D eigenvalue weighted by atomic mass is 16.7. The quantitative estimate of drug-likeness (QED) is 0.580. The van der Waals surface area contributed by atoms with Gasteiger partial charge in [-0.15, -0.1) is 0 Å². The molecule has 26 heavy (non-hydrogen) atoms. The molecule has 1 aliphatic heterocycles. The molecule has 2 aromatic rings. The summed E-state index contributed by atoms with van der Waals surface area (Å²) >= 11 is 0. The first-order valence-electron chi connectivity index (χ1n) is 7.85. The van der Waals surface area contributed by atoms with Gasteiger partial charge in [0.2, 0.25) is 6.79 Å². The number of rotatable bonds is 6. The molecule has 1 unspecified atom stereocenters. The molecule has 0 bridgehead atoms. The zero-order valence-corrected chi connectivity index (χ0v) is 14.6. The molecular weight excluding hydrogens is 340 g/mol. The van der Waals surface area contributed by atoms with E-state index in [1.807, 2.05) is 0 Å². The van der Waals surface area contributed by atoms with E-state index in [1.54, 1.807) is 30.3 Å². The van der Waals surface area contributed by atoms with Crippen molar-refractivity contribution in [2.75, 3.05) is 21.0 Å². The first-order chi connectivity index (χ1) is 12.6. The number of benzene rings is 2. The Morgan fingerprint density at radius 3 is 2.38 bits per heavy atom. The third-order valence-corrected chi connectivity index (χ3v) is 3.98. The van der Waals surface area contributed by atoms with Gasteiger partial charge >= 0.3 is 5.97 Å². The fourth-order valence-electron chi connectivity index (χ4n) is 2.80. The molecular formula is C19H18O7. The predicted molar refractivity (Wildman–Crippen MR) is 91.1 cm³/mol. The second kappa shape index (κ2) is 7.35. The summed E-state index contributed by atoms with van der Waals surface area (Å²) in [7, 11) is 3.04. The molecule has 0 saturated carbocycles. The standard InChI is InChI=1S/C19H18O7/c1-11(21)26-19(12-4-5-15(22-2)16(6-12)23-3)14-8-18-17(24-10-25-18)7-13(14)9-20/h4-9,19H,10H2,1-3H3. The molecule has 0 aromatic heterocycles. The minimum atomic E-state index is -0.818. The Labute approximate surface area is 150 Å². The number of carbonyl (C=O) groups is 2. The highest BCUT2D eigenvalue weighted by Crippen LogP contribution is 2.40. The summed E-state index contributed by atoms with van der Waals surface area (Å²) in [6, 6.07) is 8.37. The lowest BCUT2D eigenvalue weighted by Gasteiger charge is -2.21. The van der Waals surface area contributed by atoms with E-state index in [1.165, 1.54) is 21.1 Å². The molecule has 0 radical (unpaired) electrons. The first kappa shape index (κ1) is 17.6. The topological polar surface area (TPSA) is 80.3 Å². The average molecular weight is 358 g/mol. The SMILES string of the molecule is COc1ccc(C(OC(C)=O)c2cc3c(cc2C=O)OCO3)cc1OC. The molecule has 0 saturated heterocycles. The lowest BCUT2D eigenvalue weighted by molar-refractivity contribution is -0.144. The summed E-state index contributed by atoms with van der Waals surface area (Å²) in [6.45, 7) is 1.38. The average Bonchev–Trinajstić information content (AvgIpc) is 3.11. The zero-order valence-electron chi connectivity index (χ0n) is 14.6. The van der Waals surface area contributed by atoms with Gasteiger partial charge in [0.15, 0.2) is 35.4 Å². The molecule has 0 aliphatic carbocycles. The van der Waals surface area contributed by atoms with Crippen molar-refractivity contribution in [3.05, 3.63) is 47.0 Å². The van der Waals surface area contributed by atoms with Gasteiger partial charge in [-0.05, 0) is 24.3 Å². The summed E-state index contributed by atoms with van der Waals surface area (Å²) in [4.78, 5) is 23.3. The van der Waals surface area contributed by atoms with Crippen LogP contribution in [0.5, 0.6) is 23.0 Å². The van der Waals surface area contributed by atoms with Gasteiger partial charge in [0.1, 0.15) is 0 Å².